The van der Waals surface area contributed by atoms with Crippen LogP contribution in [0.5, 0.6) is 0 Å². The van der Waals surface area contributed by atoms with Crippen LogP contribution in [0.15, 0.2) is 72.0 Å². The molecule has 0 aliphatic carbocycles. The van der Waals surface area contributed by atoms with Gasteiger partial charge in [-0.15, -0.1) is 12.6 Å². The van der Waals surface area contributed by atoms with Crippen LogP contribution < -0.4 is 5.32 Å². The molecular weight excluding hydrogens is 374 g/mol. The maximum absolute atomic E-state index is 4.59. The second-order valence-corrected chi connectivity index (χ2v) is 5.81. The maximum atomic E-state index is 4.59. The molecule has 2 heterocycles. The van der Waals surface area contributed by atoms with Crippen LogP contribution in [-0.2, 0) is 6.54 Å². The highest BCUT2D eigenvalue weighted by Gasteiger charge is 2.07. The van der Waals surface area contributed by atoms with Gasteiger partial charge in [0.05, 0.1) is 11.0 Å². The van der Waals surface area contributed by atoms with Gasteiger partial charge in [-0.05, 0) is 29.8 Å². The molecule has 0 saturated heterocycles. The second-order valence-electron chi connectivity index (χ2n) is 5.33. The fraction of sp³-hybridized carbons (Fsp3) is 0.150. The molecule has 0 saturated carbocycles. The van der Waals surface area contributed by atoms with Crippen molar-refractivity contribution in [3.05, 3.63) is 72.7 Å². The van der Waals surface area contributed by atoms with E-state index < -0.39 is 0 Å². The van der Waals surface area contributed by atoms with Crippen LogP contribution in [0.4, 0.5) is 5.82 Å². The summed E-state index contributed by atoms with van der Waals surface area (Å²) < 4.78 is 1.88. The Morgan fingerprint density at radius 3 is 2.43 bits per heavy atom. The first-order chi connectivity index (χ1) is 12.8. The Morgan fingerprint density at radius 1 is 0.929 bits per heavy atom. The number of imidazole rings is 1. The molecule has 0 aliphatic rings. The third-order valence-electron chi connectivity index (χ3n) is 3.76. The molecule has 28 heavy (non-hydrogen) atoms. The van der Waals surface area contributed by atoms with Crippen molar-refractivity contribution in [2.45, 2.75) is 25.3 Å². The Balaban J connectivity index is 0.000000950. The Bertz CT molecular complexity index is 1010. The Morgan fingerprint density at radius 2 is 1.64 bits per heavy atom. The summed E-state index contributed by atoms with van der Waals surface area (Å²) in [5.74, 6) is 1.35. The van der Waals surface area contributed by atoms with E-state index in [1.807, 2.05) is 73.0 Å². The van der Waals surface area contributed by atoms with E-state index in [4.69, 9.17) is 0 Å². The van der Waals surface area contributed by atoms with Crippen LogP contribution in [0.25, 0.3) is 17.0 Å². The van der Waals surface area contributed by atoms with Gasteiger partial charge in [0.1, 0.15) is 12.1 Å². The van der Waals surface area contributed by atoms with E-state index in [9.17, 15) is 0 Å². The predicted octanol–water partition coefficient (Wildman–Crippen LogP) is 3.09. The average Bonchev–Trinajstić information content (AvgIpc) is 3.13. The highest BCUT2D eigenvalue weighted by Crippen LogP contribution is 2.17. The average molecular weight is 400 g/mol. The van der Waals surface area contributed by atoms with Gasteiger partial charge in [-0.25, -0.2) is 9.97 Å². The first-order valence-electron chi connectivity index (χ1n) is 8.57. The number of para-hydroxylation sites is 2. The Hall–Kier alpha value is -2.94. The molecule has 2 aromatic carbocycles. The quantitative estimate of drug-likeness (QED) is 0.512. The maximum Gasteiger partial charge on any atom is 0.237 e. The van der Waals surface area contributed by atoms with Crippen molar-refractivity contribution in [1.82, 2.24) is 19.5 Å². The zero-order valence-electron chi connectivity index (χ0n) is 15.8. The van der Waals surface area contributed by atoms with Gasteiger partial charge in [-0.1, -0.05) is 44.2 Å². The first kappa shape index (κ1) is 23.1. The van der Waals surface area contributed by atoms with Gasteiger partial charge in [0, 0.05) is 17.6 Å². The molecule has 0 atom stereocenters. The molecule has 0 spiro atoms. The highest BCUT2D eigenvalue weighted by molar-refractivity contribution is 7.80. The fourth-order valence-corrected chi connectivity index (χ4v) is 2.77. The fourth-order valence-electron chi connectivity index (χ4n) is 2.53. The molecule has 4 aromatic rings. The van der Waals surface area contributed by atoms with Crippen molar-refractivity contribution in [3.63, 3.8) is 0 Å². The van der Waals surface area contributed by atoms with Gasteiger partial charge in [0.25, 0.3) is 0 Å². The summed E-state index contributed by atoms with van der Waals surface area (Å²) in [6.07, 6.45) is 3.48. The van der Waals surface area contributed by atoms with Gasteiger partial charge in [0.15, 0.2) is 0 Å². The highest BCUT2D eigenvalue weighted by atomic mass is 32.1. The molecule has 0 unspecified atom stereocenters. The number of fused-ring (bicyclic) bond motifs is 1. The van der Waals surface area contributed by atoms with Crippen molar-refractivity contribution >= 4 is 29.5 Å². The first-order valence-corrected chi connectivity index (χ1v) is 9.02. The zero-order chi connectivity index (χ0) is 18.4. The number of hydrogen-bond donors (Lipinski definition) is 2. The van der Waals surface area contributed by atoms with Gasteiger partial charge in [-0.2, -0.15) is 4.98 Å². The largest absolute Gasteiger partial charge is 0.412 e. The molecule has 2 aromatic heterocycles. The summed E-state index contributed by atoms with van der Waals surface area (Å²) in [7, 11) is 0. The van der Waals surface area contributed by atoms with Crippen LogP contribution >= 0.6 is 12.6 Å². The monoisotopic (exact) mass is 399 g/mol. The number of benzene rings is 2. The van der Waals surface area contributed by atoms with Crippen LogP contribution in [-0.4, -0.2) is 30.5 Å². The van der Waals surface area contributed by atoms with Crippen molar-refractivity contribution in [2.24, 2.45) is 0 Å². The number of aromatic nitrogens is 4. The predicted molar refractivity (Wildman–Crippen MR) is 116 cm³/mol. The minimum Gasteiger partial charge on any atom is -0.412 e. The van der Waals surface area contributed by atoms with E-state index in [-0.39, 0.29) is 11.0 Å². The molecule has 5 N–H and O–H groups in total. The molecule has 4 rings (SSSR count). The molecule has 0 radical (unpaired) electrons. The number of hydrogen-bond acceptors (Lipinski definition) is 5. The van der Waals surface area contributed by atoms with Crippen LogP contribution in [0.3, 0.4) is 0 Å². The minimum absolute atomic E-state index is 0. The van der Waals surface area contributed by atoms with E-state index in [1.165, 1.54) is 0 Å². The molecule has 0 fully saturated rings. The summed E-state index contributed by atoms with van der Waals surface area (Å²) in [5, 5.41) is 3.32. The van der Waals surface area contributed by atoms with E-state index in [1.54, 1.807) is 12.5 Å². The molecule has 7 nitrogen and oxygen atoms in total. The lowest BCUT2D eigenvalue weighted by atomic mass is 10.2. The minimum atomic E-state index is 0. The van der Waals surface area contributed by atoms with Crippen molar-refractivity contribution < 1.29 is 11.0 Å². The second kappa shape index (κ2) is 11.0. The van der Waals surface area contributed by atoms with E-state index >= 15 is 0 Å². The molecule has 148 valence electrons. The summed E-state index contributed by atoms with van der Waals surface area (Å²) in [6.45, 7) is 4.65. The zero-order valence-corrected chi connectivity index (χ0v) is 16.7. The third-order valence-corrected chi connectivity index (χ3v) is 4.20. The number of anilines is 1. The SMILES string of the molecule is CC.O.O.Sc1ccccc1CNc1ccnc(-n2cnc3ccccc32)n1. The number of nitrogens with zero attached hydrogens (tertiary/aromatic N) is 4. The Labute approximate surface area is 169 Å². The topological polar surface area (TPSA) is 119 Å². The summed E-state index contributed by atoms with van der Waals surface area (Å²) in [6, 6.07) is 17.8. The molecule has 0 amide bonds. The summed E-state index contributed by atoms with van der Waals surface area (Å²) in [5.41, 5.74) is 3.02. The van der Waals surface area contributed by atoms with Gasteiger partial charge >= 0.3 is 0 Å². The normalized spacial score (nSPS) is 9.54. The standard InChI is InChI=1S/C18H15N5S.C2H6.2H2O/c24-16-8-4-1-5-13(16)11-20-17-9-10-19-18(22-17)23-12-21-14-6-2-3-7-15(14)23;1-2;;/h1-10,12,24H,11H2,(H,19,20,22);1-2H3;2*1H2. The van der Waals surface area contributed by atoms with E-state index in [0.29, 0.717) is 12.5 Å². The van der Waals surface area contributed by atoms with Crippen LogP contribution in [0, 0.1) is 0 Å². The van der Waals surface area contributed by atoms with Crippen LogP contribution in [0.2, 0.25) is 0 Å². The molecule has 8 heteroatoms. The van der Waals surface area contributed by atoms with Crippen molar-refractivity contribution in [2.75, 3.05) is 5.32 Å². The third kappa shape index (κ3) is 5.07. The van der Waals surface area contributed by atoms with Gasteiger partial charge in [-0.3, -0.25) is 4.57 Å². The smallest absolute Gasteiger partial charge is 0.237 e. The lowest BCUT2D eigenvalue weighted by Gasteiger charge is -2.09. The molecule has 0 bridgehead atoms. The lowest BCUT2D eigenvalue weighted by molar-refractivity contribution is 0.823. The number of nitrogens with one attached hydrogen (secondary N) is 1. The van der Waals surface area contributed by atoms with Crippen molar-refractivity contribution in [1.29, 1.82) is 0 Å². The van der Waals surface area contributed by atoms with E-state index in [0.717, 1.165) is 27.3 Å². The van der Waals surface area contributed by atoms with Crippen molar-refractivity contribution in [3.8, 4) is 5.95 Å². The van der Waals surface area contributed by atoms with Gasteiger partial charge in [0.2, 0.25) is 5.95 Å². The summed E-state index contributed by atoms with van der Waals surface area (Å²) >= 11 is 4.47. The number of rotatable bonds is 4. The molecule has 0 aliphatic heterocycles. The number of thiol groups is 1. The Kier molecular flexibility index (Phi) is 9.10. The van der Waals surface area contributed by atoms with Crippen LogP contribution in [0.1, 0.15) is 19.4 Å². The summed E-state index contributed by atoms with van der Waals surface area (Å²) in [4.78, 5) is 14.3. The molecular formula is C20H25N5O2S. The van der Waals surface area contributed by atoms with Gasteiger partial charge < -0.3 is 16.3 Å². The van der Waals surface area contributed by atoms with E-state index in [2.05, 4.69) is 32.9 Å². The lowest BCUT2D eigenvalue weighted by Crippen LogP contribution is -2.06.